The Morgan fingerprint density at radius 1 is 0.222 bits per heavy atom. The maximum Gasteiger partial charge on any atom is 0.0215 e. The lowest BCUT2D eigenvalue weighted by Gasteiger charge is -2.20. The van der Waals surface area contributed by atoms with E-state index >= 15 is 0 Å². The Morgan fingerprint density at radius 3 is 0.531 bits per heavy atom. The molecule has 0 nitrogen and oxygen atoms in total. The standard InChI is InChI=1S/C75H124S6/c1-7-13-19-25-31-32-33-34-35-36-37-38-39-45-51-57-81-75-63-69-67-61-73(79-55-49-43-29-23-17-11-5)71(77-53-47-41-27-21-15-9-3)59-65(67)64-58-70(76-52-46-40-26-20-14-8-2)72(78-54-48-42-28-22-16-10-4)60-66(64)68(69)62-74(75)80-56-50-44-30-24-18-12-6/h7,58-63H,1,8-57H2,2-6H3. The molecule has 0 bridgehead atoms. The molecular formula is C75H124S6. The molecule has 0 aliphatic heterocycles. The lowest BCUT2D eigenvalue weighted by atomic mass is 9.94. The first-order valence-corrected chi connectivity index (χ1v) is 40.9. The van der Waals surface area contributed by atoms with E-state index in [9.17, 15) is 0 Å². The van der Waals surface area contributed by atoms with Crippen LogP contribution >= 0.6 is 70.6 Å². The summed E-state index contributed by atoms with van der Waals surface area (Å²) in [7, 11) is 0. The molecule has 0 fully saturated rings. The molecule has 4 rings (SSSR count). The van der Waals surface area contributed by atoms with Crippen LogP contribution in [-0.4, -0.2) is 34.5 Å². The highest BCUT2D eigenvalue weighted by atomic mass is 32.2. The van der Waals surface area contributed by atoms with E-state index in [4.69, 9.17) is 0 Å². The van der Waals surface area contributed by atoms with Crippen molar-refractivity contribution in [3.8, 4) is 0 Å². The van der Waals surface area contributed by atoms with Crippen LogP contribution in [0.25, 0.3) is 32.3 Å². The molecule has 6 heteroatoms. The van der Waals surface area contributed by atoms with Gasteiger partial charge in [-0.3, -0.25) is 0 Å². The van der Waals surface area contributed by atoms with Crippen molar-refractivity contribution >= 4 is 103 Å². The normalized spacial score (nSPS) is 11.9. The molecule has 0 saturated heterocycles. The van der Waals surface area contributed by atoms with Gasteiger partial charge in [-0.05, 0) is 155 Å². The summed E-state index contributed by atoms with van der Waals surface area (Å²) < 4.78 is 0. The van der Waals surface area contributed by atoms with Crippen LogP contribution in [-0.2, 0) is 0 Å². The predicted octanol–water partition coefficient (Wildman–Crippen LogP) is 29.1. The van der Waals surface area contributed by atoms with Crippen molar-refractivity contribution in [2.75, 3.05) is 34.5 Å². The average molecular weight is 1220 g/mol. The van der Waals surface area contributed by atoms with Gasteiger partial charge >= 0.3 is 0 Å². The van der Waals surface area contributed by atoms with Crippen molar-refractivity contribution in [3.05, 3.63) is 49.1 Å². The molecule has 0 heterocycles. The first-order valence-electron chi connectivity index (χ1n) is 35.0. The van der Waals surface area contributed by atoms with E-state index in [0.29, 0.717) is 0 Å². The fraction of sp³-hybridized carbons (Fsp3) is 0.733. The highest BCUT2D eigenvalue weighted by molar-refractivity contribution is 8.03. The number of fused-ring (bicyclic) bond motifs is 6. The van der Waals surface area contributed by atoms with E-state index in [1.165, 1.54) is 349 Å². The van der Waals surface area contributed by atoms with Gasteiger partial charge in [0.15, 0.2) is 0 Å². The van der Waals surface area contributed by atoms with Crippen LogP contribution in [0.5, 0.6) is 0 Å². The zero-order valence-corrected chi connectivity index (χ0v) is 58.5. The van der Waals surface area contributed by atoms with Crippen LogP contribution in [0.2, 0.25) is 0 Å². The van der Waals surface area contributed by atoms with E-state index in [1.807, 2.05) is 0 Å². The van der Waals surface area contributed by atoms with Crippen molar-refractivity contribution in [1.82, 2.24) is 0 Å². The summed E-state index contributed by atoms with van der Waals surface area (Å²) in [4.78, 5) is 9.27. The summed E-state index contributed by atoms with van der Waals surface area (Å²) in [6, 6.07) is 16.3. The van der Waals surface area contributed by atoms with Gasteiger partial charge in [0.25, 0.3) is 0 Å². The summed E-state index contributed by atoms with van der Waals surface area (Å²) in [6.07, 6.45) is 62.4. The Labute approximate surface area is 528 Å². The quantitative estimate of drug-likeness (QED) is 0.0186. The summed E-state index contributed by atoms with van der Waals surface area (Å²) >= 11 is 13.1. The Hall–Kier alpha value is -0.500. The van der Waals surface area contributed by atoms with E-state index in [0.717, 1.165) is 0 Å². The molecule has 0 radical (unpaired) electrons. The van der Waals surface area contributed by atoms with Gasteiger partial charge in [-0.1, -0.05) is 272 Å². The van der Waals surface area contributed by atoms with E-state index in [-0.39, 0.29) is 0 Å². The molecule has 0 saturated carbocycles. The highest BCUT2D eigenvalue weighted by Gasteiger charge is 2.19. The van der Waals surface area contributed by atoms with Crippen molar-refractivity contribution in [1.29, 1.82) is 0 Å². The van der Waals surface area contributed by atoms with Gasteiger partial charge in [-0.2, -0.15) is 0 Å². The number of thioether (sulfide) groups is 6. The van der Waals surface area contributed by atoms with Crippen LogP contribution in [0.1, 0.15) is 317 Å². The molecule has 0 spiro atoms. The summed E-state index contributed by atoms with van der Waals surface area (Å²) in [5.74, 6) is 7.36. The Balaban J connectivity index is 1.75. The van der Waals surface area contributed by atoms with Crippen LogP contribution in [0.3, 0.4) is 0 Å². The third-order valence-corrected chi connectivity index (χ3v) is 23.9. The number of unbranched alkanes of at least 4 members (excludes halogenated alkanes) is 38. The molecule has 0 unspecified atom stereocenters. The summed E-state index contributed by atoms with van der Waals surface area (Å²) in [6.45, 7) is 15.6. The molecule has 81 heavy (non-hydrogen) atoms. The van der Waals surface area contributed by atoms with Gasteiger partial charge in [-0.25, -0.2) is 0 Å². The molecule has 460 valence electrons. The van der Waals surface area contributed by atoms with Crippen LogP contribution in [0, 0.1) is 0 Å². The molecule has 0 aromatic heterocycles. The molecule has 0 aliphatic carbocycles. The molecule has 0 atom stereocenters. The second kappa shape index (κ2) is 50.5. The Kier molecular flexibility index (Phi) is 45.5. The minimum absolute atomic E-state index is 1.19. The van der Waals surface area contributed by atoms with Crippen LogP contribution in [0.15, 0.2) is 78.4 Å². The van der Waals surface area contributed by atoms with Gasteiger partial charge < -0.3 is 0 Å². The lowest BCUT2D eigenvalue weighted by molar-refractivity contribution is 0.540. The third-order valence-electron chi connectivity index (χ3n) is 16.7. The van der Waals surface area contributed by atoms with Crippen LogP contribution in [0.4, 0.5) is 0 Å². The van der Waals surface area contributed by atoms with Gasteiger partial charge in [0, 0.05) is 29.4 Å². The van der Waals surface area contributed by atoms with Crippen molar-refractivity contribution in [2.24, 2.45) is 0 Å². The fourth-order valence-electron chi connectivity index (χ4n) is 11.5. The third kappa shape index (κ3) is 31.8. The smallest absolute Gasteiger partial charge is 0.0215 e. The second-order valence-electron chi connectivity index (χ2n) is 24.1. The minimum atomic E-state index is 1.19. The molecule has 0 N–H and O–H groups in total. The van der Waals surface area contributed by atoms with E-state index in [1.54, 1.807) is 29.4 Å². The highest BCUT2D eigenvalue weighted by Crippen LogP contribution is 2.48. The molecule has 4 aromatic rings. The first-order chi connectivity index (χ1) is 40.1. The second-order valence-corrected chi connectivity index (χ2v) is 31.0. The van der Waals surface area contributed by atoms with Crippen molar-refractivity contribution < 1.29 is 0 Å². The van der Waals surface area contributed by atoms with Crippen molar-refractivity contribution in [3.63, 3.8) is 0 Å². The summed E-state index contributed by atoms with van der Waals surface area (Å²) in [5.41, 5.74) is 0. The SMILES string of the molecule is C=CCCCCCCCCCCCCCCCSc1cc2c3cc(SCCCCCCCC)c(SCCCCCCCC)cc3c3cc(SCCCCCCCC)c(SCCCCCCCC)cc3c2cc1SCCCCCCCC. The topological polar surface area (TPSA) is 0 Å². The van der Waals surface area contributed by atoms with Gasteiger partial charge in [0.1, 0.15) is 0 Å². The minimum Gasteiger partial charge on any atom is -0.125 e. The van der Waals surface area contributed by atoms with E-state index in [2.05, 4.69) is 154 Å². The fourth-order valence-corrected chi connectivity index (χ4v) is 18.4. The molecule has 0 amide bonds. The monoisotopic (exact) mass is 1220 g/mol. The number of hydrogen-bond donors (Lipinski definition) is 0. The number of rotatable bonds is 57. The maximum absolute atomic E-state index is 3.88. The average Bonchev–Trinajstić information content (AvgIpc) is 3.66. The molecular weight excluding hydrogens is 1090 g/mol. The van der Waals surface area contributed by atoms with Crippen molar-refractivity contribution in [2.45, 2.75) is 347 Å². The first kappa shape index (κ1) is 73.0. The number of allylic oxidation sites excluding steroid dienone is 1. The Bertz CT molecular complexity index is 2110. The van der Waals surface area contributed by atoms with Gasteiger partial charge in [0.05, 0.1) is 0 Å². The zero-order valence-electron chi connectivity index (χ0n) is 53.6. The maximum atomic E-state index is 3.88. The molecule has 0 aliphatic rings. The zero-order chi connectivity index (χ0) is 57.5. The van der Waals surface area contributed by atoms with E-state index < -0.39 is 0 Å². The Morgan fingerprint density at radius 2 is 0.370 bits per heavy atom. The predicted molar refractivity (Wildman–Crippen MR) is 385 cm³/mol. The number of hydrogen-bond acceptors (Lipinski definition) is 6. The van der Waals surface area contributed by atoms with Gasteiger partial charge in [-0.15, -0.1) is 77.2 Å². The number of benzene rings is 4. The van der Waals surface area contributed by atoms with Gasteiger partial charge in [0.2, 0.25) is 0 Å². The molecule has 4 aromatic carbocycles. The van der Waals surface area contributed by atoms with Crippen LogP contribution < -0.4 is 0 Å². The summed E-state index contributed by atoms with van der Waals surface area (Å²) in [5, 5.41) is 9.02. The largest absolute Gasteiger partial charge is 0.125 e. The lowest BCUT2D eigenvalue weighted by Crippen LogP contribution is -1.94.